The van der Waals surface area contributed by atoms with E-state index in [1.54, 1.807) is 6.20 Å². The molecule has 0 spiro atoms. The van der Waals surface area contributed by atoms with Gasteiger partial charge in [0.1, 0.15) is 5.82 Å². The predicted octanol–water partition coefficient (Wildman–Crippen LogP) is 2.98. The highest BCUT2D eigenvalue weighted by molar-refractivity contribution is 9.10. The SMILES string of the molecule is Cn1c(-c2cc(Br)ccc2N)nc2ncccc21. The molecule has 0 saturated carbocycles. The van der Waals surface area contributed by atoms with E-state index in [-0.39, 0.29) is 0 Å². The van der Waals surface area contributed by atoms with Gasteiger partial charge in [-0.15, -0.1) is 0 Å². The molecule has 0 aliphatic heterocycles. The van der Waals surface area contributed by atoms with Crippen molar-refractivity contribution < 1.29 is 0 Å². The maximum absolute atomic E-state index is 6.02. The van der Waals surface area contributed by atoms with Crippen molar-refractivity contribution in [1.82, 2.24) is 14.5 Å². The van der Waals surface area contributed by atoms with E-state index >= 15 is 0 Å². The summed E-state index contributed by atoms with van der Waals surface area (Å²) in [6, 6.07) is 9.65. The van der Waals surface area contributed by atoms with Crippen LogP contribution in [0, 0.1) is 0 Å². The number of aryl methyl sites for hydroxylation is 1. The van der Waals surface area contributed by atoms with E-state index in [0.717, 1.165) is 27.0 Å². The van der Waals surface area contributed by atoms with Gasteiger partial charge in [-0.05, 0) is 30.3 Å². The minimum Gasteiger partial charge on any atom is -0.398 e. The third kappa shape index (κ3) is 1.67. The summed E-state index contributed by atoms with van der Waals surface area (Å²) >= 11 is 3.45. The third-order valence-corrected chi connectivity index (χ3v) is 3.41. The molecule has 2 aromatic heterocycles. The van der Waals surface area contributed by atoms with Crippen LogP contribution in [0.15, 0.2) is 41.0 Å². The molecule has 2 N–H and O–H groups in total. The lowest BCUT2D eigenvalue weighted by atomic mass is 10.2. The molecule has 5 heteroatoms. The molecule has 4 nitrogen and oxygen atoms in total. The van der Waals surface area contributed by atoms with Crippen molar-refractivity contribution in [1.29, 1.82) is 0 Å². The minimum absolute atomic E-state index is 0.705. The topological polar surface area (TPSA) is 56.7 Å². The van der Waals surface area contributed by atoms with Crippen molar-refractivity contribution in [2.45, 2.75) is 0 Å². The Bertz CT molecular complexity index is 733. The van der Waals surface area contributed by atoms with Gasteiger partial charge < -0.3 is 10.3 Å². The first-order valence-corrected chi connectivity index (χ1v) is 6.29. The van der Waals surface area contributed by atoms with Gasteiger partial charge >= 0.3 is 0 Å². The number of aromatic nitrogens is 3. The second-order valence-corrected chi connectivity index (χ2v) is 4.99. The molecule has 0 amide bonds. The number of rotatable bonds is 1. The Balaban J connectivity index is 2.31. The summed E-state index contributed by atoms with van der Waals surface area (Å²) in [4.78, 5) is 8.79. The summed E-state index contributed by atoms with van der Waals surface area (Å²) in [7, 11) is 1.96. The van der Waals surface area contributed by atoms with Crippen molar-refractivity contribution in [3.8, 4) is 11.4 Å². The van der Waals surface area contributed by atoms with E-state index in [1.165, 1.54) is 0 Å². The number of hydrogen-bond acceptors (Lipinski definition) is 3. The average molecular weight is 303 g/mol. The zero-order valence-electron chi connectivity index (χ0n) is 9.76. The minimum atomic E-state index is 0.705. The summed E-state index contributed by atoms with van der Waals surface area (Å²) in [5.74, 6) is 0.822. The van der Waals surface area contributed by atoms with Crippen molar-refractivity contribution in [3.63, 3.8) is 0 Å². The van der Waals surface area contributed by atoms with Crippen molar-refractivity contribution >= 4 is 32.8 Å². The van der Waals surface area contributed by atoms with E-state index in [1.807, 2.05) is 41.9 Å². The third-order valence-electron chi connectivity index (χ3n) is 2.91. The van der Waals surface area contributed by atoms with Crippen LogP contribution in [0.1, 0.15) is 0 Å². The van der Waals surface area contributed by atoms with Gasteiger partial charge in [-0.2, -0.15) is 0 Å². The summed E-state index contributed by atoms with van der Waals surface area (Å²) in [6.45, 7) is 0. The molecule has 0 unspecified atom stereocenters. The van der Waals surface area contributed by atoms with Crippen LogP contribution in [-0.2, 0) is 7.05 Å². The Hall–Kier alpha value is -1.88. The van der Waals surface area contributed by atoms with Gasteiger partial charge in [0.2, 0.25) is 0 Å². The molecule has 0 atom stereocenters. The number of nitrogens with zero attached hydrogens (tertiary/aromatic N) is 3. The summed E-state index contributed by atoms with van der Waals surface area (Å²) in [5.41, 5.74) is 9.35. The fourth-order valence-electron chi connectivity index (χ4n) is 1.99. The second-order valence-electron chi connectivity index (χ2n) is 4.07. The highest BCUT2D eigenvalue weighted by atomic mass is 79.9. The predicted molar refractivity (Wildman–Crippen MR) is 76.1 cm³/mol. The highest BCUT2D eigenvalue weighted by Crippen LogP contribution is 2.29. The highest BCUT2D eigenvalue weighted by Gasteiger charge is 2.12. The van der Waals surface area contributed by atoms with Crippen molar-refractivity contribution in [2.24, 2.45) is 7.05 Å². The van der Waals surface area contributed by atoms with Crippen LogP contribution in [0.25, 0.3) is 22.6 Å². The molecule has 90 valence electrons. The van der Waals surface area contributed by atoms with Crippen LogP contribution in [0.5, 0.6) is 0 Å². The quantitative estimate of drug-likeness (QED) is 0.703. The van der Waals surface area contributed by atoms with Crippen molar-refractivity contribution in [3.05, 3.63) is 41.0 Å². The monoisotopic (exact) mass is 302 g/mol. The fraction of sp³-hybridized carbons (Fsp3) is 0.0769. The Morgan fingerprint density at radius 1 is 1.28 bits per heavy atom. The zero-order valence-corrected chi connectivity index (χ0v) is 11.3. The zero-order chi connectivity index (χ0) is 12.7. The largest absolute Gasteiger partial charge is 0.398 e. The van der Waals surface area contributed by atoms with E-state index in [4.69, 9.17) is 5.73 Å². The van der Waals surface area contributed by atoms with Crippen LogP contribution in [0.3, 0.4) is 0 Å². The molecule has 0 bridgehead atoms. The Labute approximate surface area is 113 Å². The fourth-order valence-corrected chi connectivity index (χ4v) is 2.35. The number of pyridine rings is 1. The van der Waals surface area contributed by atoms with E-state index in [2.05, 4.69) is 25.9 Å². The molecule has 0 aliphatic carbocycles. The molecule has 3 aromatic rings. The average Bonchev–Trinajstić information content (AvgIpc) is 2.71. The molecule has 0 saturated heterocycles. The lowest BCUT2D eigenvalue weighted by Crippen LogP contribution is -1.96. The Morgan fingerprint density at radius 2 is 2.11 bits per heavy atom. The van der Waals surface area contributed by atoms with Gasteiger partial charge in [-0.3, -0.25) is 0 Å². The van der Waals surface area contributed by atoms with Gasteiger partial charge in [0, 0.05) is 29.0 Å². The number of imidazole rings is 1. The molecule has 1 aromatic carbocycles. The van der Waals surface area contributed by atoms with E-state index in [9.17, 15) is 0 Å². The molecular formula is C13H11BrN4. The number of benzene rings is 1. The second kappa shape index (κ2) is 4.10. The molecular weight excluding hydrogens is 292 g/mol. The number of halogens is 1. The first-order valence-electron chi connectivity index (χ1n) is 5.49. The van der Waals surface area contributed by atoms with Crippen molar-refractivity contribution in [2.75, 3.05) is 5.73 Å². The molecule has 0 fully saturated rings. The lowest BCUT2D eigenvalue weighted by Gasteiger charge is -2.06. The molecule has 0 aliphatic rings. The maximum atomic E-state index is 6.02. The van der Waals surface area contributed by atoms with E-state index < -0.39 is 0 Å². The van der Waals surface area contributed by atoms with Gasteiger partial charge in [0.25, 0.3) is 0 Å². The van der Waals surface area contributed by atoms with Crippen LogP contribution in [0.2, 0.25) is 0 Å². The molecule has 0 radical (unpaired) electrons. The molecule has 18 heavy (non-hydrogen) atoms. The van der Waals surface area contributed by atoms with Gasteiger partial charge in [-0.1, -0.05) is 15.9 Å². The number of fused-ring (bicyclic) bond motifs is 1. The van der Waals surface area contributed by atoms with E-state index in [0.29, 0.717) is 5.69 Å². The number of hydrogen-bond donors (Lipinski definition) is 1. The van der Waals surface area contributed by atoms with Gasteiger partial charge in [0.05, 0.1) is 5.52 Å². The van der Waals surface area contributed by atoms with Crippen LogP contribution < -0.4 is 5.73 Å². The number of nitrogens with two attached hydrogens (primary N) is 1. The van der Waals surface area contributed by atoms with Gasteiger partial charge in [-0.25, -0.2) is 9.97 Å². The normalized spacial score (nSPS) is 11.0. The molecule has 3 rings (SSSR count). The summed E-state index contributed by atoms with van der Waals surface area (Å²) < 4.78 is 2.98. The first-order chi connectivity index (χ1) is 8.66. The molecule has 2 heterocycles. The van der Waals surface area contributed by atoms with Gasteiger partial charge in [0.15, 0.2) is 5.65 Å². The Morgan fingerprint density at radius 3 is 2.89 bits per heavy atom. The van der Waals surface area contributed by atoms with Crippen LogP contribution >= 0.6 is 15.9 Å². The summed E-state index contributed by atoms with van der Waals surface area (Å²) in [6.07, 6.45) is 1.74. The smallest absolute Gasteiger partial charge is 0.178 e. The number of nitrogen functional groups attached to an aromatic ring is 1. The standard InChI is InChI=1S/C13H11BrN4/c1-18-11-3-2-6-16-12(11)17-13(18)9-7-8(14)4-5-10(9)15/h2-7H,15H2,1H3. The Kier molecular flexibility index (Phi) is 2.56. The summed E-state index contributed by atoms with van der Waals surface area (Å²) in [5, 5.41) is 0. The first kappa shape index (κ1) is 11.2. The van der Waals surface area contributed by atoms with Crippen LogP contribution in [0.4, 0.5) is 5.69 Å². The maximum Gasteiger partial charge on any atom is 0.178 e. The number of anilines is 1. The van der Waals surface area contributed by atoms with Crippen LogP contribution in [-0.4, -0.2) is 14.5 Å². The lowest BCUT2D eigenvalue weighted by molar-refractivity contribution is 0.959.